The maximum Gasteiger partial charge on any atom is 0.185 e. The van der Waals surface area contributed by atoms with Crippen LogP contribution in [0.15, 0.2) is 5.57 Å². The van der Waals surface area contributed by atoms with Crippen LogP contribution in [0.1, 0.15) is 18.7 Å². The zero-order chi connectivity index (χ0) is 10.7. The standard InChI is InChI=1S/C9H12Cl2N2S/c1-5(6(2)12-3)4-7-8(10)13-9(11)14-7/h4,6,12H,1-3H3/b5-4+. The number of halogens is 2. The number of aromatic nitrogens is 1. The summed E-state index contributed by atoms with van der Waals surface area (Å²) in [5.41, 5.74) is 1.20. The Balaban J connectivity index is 2.91. The SMILES string of the molecule is CNC(C)/C(C)=C/c1sc(Cl)nc1Cl. The third kappa shape index (κ3) is 2.95. The Labute approximate surface area is 97.9 Å². The average molecular weight is 251 g/mol. The van der Waals surface area contributed by atoms with E-state index in [1.807, 2.05) is 20.0 Å². The lowest BCUT2D eigenvalue weighted by atomic mass is 10.1. The molecule has 1 aromatic rings. The second kappa shape index (κ2) is 5.12. The van der Waals surface area contributed by atoms with Crippen molar-refractivity contribution in [2.75, 3.05) is 7.05 Å². The largest absolute Gasteiger partial charge is 0.314 e. The van der Waals surface area contributed by atoms with Crippen molar-refractivity contribution in [1.29, 1.82) is 0 Å². The lowest BCUT2D eigenvalue weighted by molar-refractivity contribution is 0.696. The Morgan fingerprint density at radius 3 is 2.64 bits per heavy atom. The van der Waals surface area contributed by atoms with Gasteiger partial charge in [0, 0.05) is 6.04 Å². The van der Waals surface area contributed by atoms with E-state index in [1.165, 1.54) is 16.9 Å². The van der Waals surface area contributed by atoms with Crippen LogP contribution in [0.4, 0.5) is 0 Å². The summed E-state index contributed by atoms with van der Waals surface area (Å²) < 4.78 is 0.478. The van der Waals surface area contributed by atoms with Crippen LogP contribution in [0.2, 0.25) is 9.62 Å². The zero-order valence-electron chi connectivity index (χ0n) is 8.27. The fourth-order valence-electron chi connectivity index (χ4n) is 0.936. The highest BCUT2D eigenvalue weighted by Gasteiger charge is 2.07. The summed E-state index contributed by atoms with van der Waals surface area (Å²) in [7, 11) is 1.92. The van der Waals surface area contributed by atoms with E-state index in [0.29, 0.717) is 15.7 Å². The van der Waals surface area contributed by atoms with Crippen LogP contribution in [0.25, 0.3) is 6.08 Å². The summed E-state index contributed by atoms with van der Waals surface area (Å²) in [6, 6.07) is 0.326. The molecule has 0 aliphatic carbocycles. The van der Waals surface area contributed by atoms with Crippen LogP contribution in [0.3, 0.4) is 0 Å². The monoisotopic (exact) mass is 250 g/mol. The fourth-order valence-corrected chi connectivity index (χ4v) is 2.31. The second-order valence-electron chi connectivity index (χ2n) is 3.02. The number of hydrogen-bond donors (Lipinski definition) is 1. The van der Waals surface area contributed by atoms with Crippen molar-refractivity contribution >= 4 is 40.6 Å². The molecule has 0 radical (unpaired) electrons. The smallest absolute Gasteiger partial charge is 0.185 e. The van der Waals surface area contributed by atoms with Gasteiger partial charge in [-0.25, -0.2) is 4.98 Å². The van der Waals surface area contributed by atoms with Crippen LogP contribution in [-0.4, -0.2) is 18.1 Å². The van der Waals surface area contributed by atoms with Gasteiger partial charge in [0.05, 0.1) is 4.88 Å². The summed E-state index contributed by atoms with van der Waals surface area (Å²) in [4.78, 5) is 4.85. The summed E-state index contributed by atoms with van der Waals surface area (Å²) in [5, 5.41) is 3.63. The van der Waals surface area contributed by atoms with Gasteiger partial charge in [0.15, 0.2) is 4.47 Å². The number of nitrogens with one attached hydrogen (secondary N) is 1. The molecule has 1 rings (SSSR count). The molecular weight excluding hydrogens is 239 g/mol. The molecule has 0 bridgehead atoms. The summed E-state index contributed by atoms with van der Waals surface area (Å²) in [5.74, 6) is 0. The van der Waals surface area contributed by atoms with Crippen molar-refractivity contribution in [3.63, 3.8) is 0 Å². The fraction of sp³-hybridized carbons (Fsp3) is 0.444. The number of likely N-dealkylation sites (N-methyl/N-ethyl adjacent to an activating group) is 1. The van der Waals surface area contributed by atoms with Gasteiger partial charge in [0.1, 0.15) is 5.15 Å². The van der Waals surface area contributed by atoms with Gasteiger partial charge in [-0.15, -0.1) is 11.3 Å². The molecule has 0 aromatic carbocycles. The van der Waals surface area contributed by atoms with E-state index in [9.17, 15) is 0 Å². The lowest BCUT2D eigenvalue weighted by Gasteiger charge is -2.09. The van der Waals surface area contributed by atoms with E-state index in [-0.39, 0.29) is 0 Å². The molecule has 0 saturated carbocycles. The first-order chi connectivity index (χ1) is 6.54. The van der Waals surface area contributed by atoms with Crippen LogP contribution < -0.4 is 5.32 Å². The van der Waals surface area contributed by atoms with Gasteiger partial charge >= 0.3 is 0 Å². The van der Waals surface area contributed by atoms with Gasteiger partial charge in [-0.1, -0.05) is 28.8 Å². The minimum atomic E-state index is 0.326. The number of rotatable bonds is 3. The van der Waals surface area contributed by atoms with E-state index in [2.05, 4.69) is 17.2 Å². The van der Waals surface area contributed by atoms with E-state index in [1.54, 1.807) is 0 Å². The molecule has 1 atom stereocenters. The molecule has 0 aliphatic heterocycles. The van der Waals surface area contributed by atoms with Crippen molar-refractivity contribution in [2.24, 2.45) is 0 Å². The van der Waals surface area contributed by atoms with Crippen molar-refractivity contribution in [1.82, 2.24) is 10.3 Å². The minimum Gasteiger partial charge on any atom is -0.314 e. The first kappa shape index (κ1) is 12.0. The number of thiazole rings is 1. The Morgan fingerprint density at radius 2 is 2.21 bits per heavy atom. The van der Waals surface area contributed by atoms with Crippen molar-refractivity contribution < 1.29 is 0 Å². The van der Waals surface area contributed by atoms with Crippen molar-refractivity contribution in [3.05, 3.63) is 20.1 Å². The van der Waals surface area contributed by atoms with Crippen molar-refractivity contribution in [2.45, 2.75) is 19.9 Å². The third-order valence-corrected chi connectivity index (χ3v) is 3.57. The zero-order valence-corrected chi connectivity index (χ0v) is 10.6. The molecule has 0 fully saturated rings. The highest BCUT2D eigenvalue weighted by atomic mass is 35.5. The van der Waals surface area contributed by atoms with E-state index >= 15 is 0 Å². The van der Waals surface area contributed by atoms with Gasteiger partial charge in [0.25, 0.3) is 0 Å². The maximum absolute atomic E-state index is 5.89. The first-order valence-corrected chi connectivity index (χ1v) is 5.79. The van der Waals surface area contributed by atoms with E-state index in [0.717, 1.165) is 4.88 Å². The molecule has 2 nitrogen and oxygen atoms in total. The predicted octanol–water partition coefficient (Wildman–Crippen LogP) is 3.46. The highest BCUT2D eigenvalue weighted by molar-refractivity contribution is 7.17. The lowest BCUT2D eigenvalue weighted by Crippen LogP contribution is -2.21. The van der Waals surface area contributed by atoms with E-state index in [4.69, 9.17) is 23.2 Å². The van der Waals surface area contributed by atoms with Gasteiger partial charge in [-0.2, -0.15) is 0 Å². The molecule has 0 saturated heterocycles. The summed E-state index contributed by atoms with van der Waals surface area (Å²) in [6.45, 7) is 4.13. The number of hydrogen-bond acceptors (Lipinski definition) is 3. The molecule has 1 aromatic heterocycles. The Kier molecular flexibility index (Phi) is 4.38. The molecule has 0 spiro atoms. The van der Waals surface area contributed by atoms with E-state index < -0.39 is 0 Å². The van der Waals surface area contributed by atoms with Crippen LogP contribution in [-0.2, 0) is 0 Å². The summed E-state index contributed by atoms with van der Waals surface area (Å²) >= 11 is 13.0. The van der Waals surface area contributed by atoms with Gasteiger partial charge in [0.2, 0.25) is 0 Å². The maximum atomic E-state index is 5.89. The molecule has 0 aliphatic rings. The van der Waals surface area contributed by atoms with Crippen LogP contribution in [0.5, 0.6) is 0 Å². The van der Waals surface area contributed by atoms with Gasteiger partial charge < -0.3 is 5.32 Å². The second-order valence-corrected chi connectivity index (χ2v) is 4.99. The quantitative estimate of drug-likeness (QED) is 0.889. The Hall–Kier alpha value is -0.0900. The summed E-state index contributed by atoms with van der Waals surface area (Å²) in [6.07, 6.45) is 2.01. The van der Waals surface area contributed by atoms with Crippen LogP contribution >= 0.6 is 34.5 Å². The van der Waals surface area contributed by atoms with Crippen molar-refractivity contribution in [3.8, 4) is 0 Å². The molecule has 1 unspecified atom stereocenters. The topological polar surface area (TPSA) is 24.9 Å². The minimum absolute atomic E-state index is 0.326. The molecule has 78 valence electrons. The molecular formula is C9H12Cl2N2S. The molecule has 14 heavy (non-hydrogen) atoms. The average Bonchev–Trinajstić information content (AvgIpc) is 2.44. The van der Waals surface area contributed by atoms with Crippen LogP contribution in [0, 0.1) is 0 Å². The van der Waals surface area contributed by atoms with Gasteiger partial charge in [-0.05, 0) is 27.0 Å². The highest BCUT2D eigenvalue weighted by Crippen LogP contribution is 2.28. The normalized spacial score (nSPS) is 14.5. The molecule has 0 amide bonds. The first-order valence-electron chi connectivity index (χ1n) is 4.22. The predicted molar refractivity (Wildman–Crippen MR) is 64.3 cm³/mol. The third-order valence-electron chi connectivity index (χ3n) is 2.06. The Bertz CT molecular complexity index is 347. The Morgan fingerprint density at radius 1 is 1.57 bits per heavy atom. The number of nitrogens with zero attached hydrogens (tertiary/aromatic N) is 1. The van der Waals surface area contributed by atoms with Gasteiger partial charge in [-0.3, -0.25) is 0 Å². The molecule has 1 N–H and O–H groups in total. The molecule has 5 heteroatoms. The molecule has 1 heterocycles.